The Kier molecular flexibility index (Phi) is 7.02. The van der Waals surface area contributed by atoms with Crippen LogP contribution in [0, 0.1) is 12.3 Å². The van der Waals surface area contributed by atoms with Crippen LogP contribution in [0.5, 0.6) is 0 Å². The number of terminal acetylenes is 1. The largest absolute Gasteiger partial charge is 0.332 e. The van der Waals surface area contributed by atoms with E-state index < -0.39 is 0 Å². The maximum absolute atomic E-state index is 13.0. The minimum Gasteiger partial charge on any atom is -0.332 e. The van der Waals surface area contributed by atoms with E-state index >= 15 is 0 Å². The van der Waals surface area contributed by atoms with E-state index in [0.717, 1.165) is 18.4 Å². The number of anilines is 1. The van der Waals surface area contributed by atoms with Crippen LogP contribution in [0.3, 0.4) is 0 Å². The van der Waals surface area contributed by atoms with Crippen LogP contribution in [0.15, 0.2) is 78.9 Å². The monoisotopic (exact) mass is 396 g/mol. The van der Waals surface area contributed by atoms with Crippen molar-refractivity contribution in [3.8, 4) is 12.3 Å². The van der Waals surface area contributed by atoms with E-state index in [9.17, 15) is 9.59 Å². The van der Waals surface area contributed by atoms with Crippen molar-refractivity contribution in [2.45, 2.75) is 12.8 Å². The summed E-state index contributed by atoms with van der Waals surface area (Å²) in [6.45, 7) is -0.0495. The fourth-order valence-corrected chi connectivity index (χ4v) is 3.25. The molecule has 3 aromatic carbocycles. The van der Waals surface area contributed by atoms with Gasteiger partial charge in [-0.25, -0.2) is 0 Å². The molecule has 4 nitrogen and oxygen atoms in total. The number of aryl methyl sites for hydroxylation is 2. The second kappa shape index (κ2) is 10.1. The SMILES string of the molecule is C#Cc1cccc(NC(=O)CN(C)C(=O)c2ccccc2CCc2ccccc2)c1. The van der Waals surface area contributed by atoms with Crippen molar-refractivity contribution in [2.75, 3.05) is 18.9 Å². The van der Waals surface area contributed by atoms with Gasteiger partial charge in [-0.1, -0.05) is 60.5 Å². The summed E-state index contributed by atoms with van der Waals surface area (Å²) in [5.74, 6) is 2.08. The Labute approximate surface area is 177 Å². The maximum Gasteiger partial charge on any atom is 0.254 e. The highest BCUT2D eigenvalue weighted by molar-refractivity contribution is 6.00. The van der Waals surface area contributed by atoms with Gasteiger partial charge in [0.25, 0.3) is 5.91 Å². The highest BCUT2D eigenvalue weighted by Crippen LogP contribution is 2.15. The summed E-state index contributed by atoms with van der Waals surface area (Å²) >= 11 is 0. The fraction of sp³-hybridized carbons (Fsp3) is 0.154. The molecule has 0 aromatic heterocycles. The lowest BCUT2D eigenvalue weighted by Gasteiger charge is -2.19. The normalized spacial score (nSPS) is 10.1. The summed E-state index contributed by atoms with van der Waals surface area (Å²) in [5.41, 5.74) is 4.12. The van der Waals surface area contributed by atoms with Crippen LogP contribution >= 0.6 is 0 Å². The van der Waals surface area contributed by atoms with Gasteiger partial charge >= 0.3 is 0 Å². The fourth-order valence-electron chi connectivity index (χ4n) is 3.25. The third-order valence-corrected chi connectivity index (χ3v) is 4.81. The highest BCUT2D eigenvalue weighted by atomic mass is 16.2. The van der Waals surface area contributed by atoms with Gasteiger partial charge in [0.05, 0.1) is 6.54 Å². The topological polar surface area (TPSA) is 49.4 Å². The molecule has 0 radical (unpaired) electrons. The Morgan fingerprint density at radius 2 is 1.67 bits per heavy atom. The first-order valence-corrected chi connectivity index (χ1v) is 9.80. The predicted octanol–water partition coefficient (Wildman–Crippen LogP) is 4.16. The summed E-state index contributed by atoms with van der Waals surface area (Å²) in [5, 5.41) is 2.79. The number of benzene rings is 3. The lowest BCUT2D eigenvalue weighted by atomic mass is 9.99. The second-order valence-electron chi connectivity index (χ2n) is 7.08. The van der Waals surface area contributed by atoms with Gasteiger partial charge in [-0.05, 0) is 48.2 Å². The number of amides is 2. The molecule has 150 valence electrons. The summed E-state index contributed by atoms with van der Waals surface area (Å²) < 4.78 is 0. The van der Waals surface area contributed by atoms with Crippen LogP contribution in [0.2, 0.25) is 0 Å². The maximum atomic E-state index is 13.0. The standard InChI is InChI=1S/C26H24N2O2/c1-3-20-12-9-14-23(18-20)27-25(29)19-28(2)26(30)24-15-8-7-13-22(24)17-16-21-10-5-4-6-11-21/h1,4-15,18H,16-17,19H2,2H3,(H,27,29). The van der Waals surface area contributed by atoms with Crippen molar-refractivity contribution in [3.05, 3.63) is 101 Å². The van der Waals surface area contributed by atoms with Crippen LogP contribution in [0.1, 0.15) is 27.0 Å². The third kappa shape index (κ3) is 5.59. The number of hydrogen-bond donors (Lipinski definition) is 1. The van der Waals surface area contributed by atoms with Crippen molar-refractivity contribution in [1.29, 1.82) is 0 Å². The van der Waals surface area contributed by atoms with Gasteiger partial charge in [0, 0.05) is 23.9 Å². The van der Waals surface area contributed by atoms with E-state index in [4.69, 9.17) is 6.42 Å². The molecular weight excluding hydrogens is 372 g/mol. The molecule has 0 fully saturated rings. The Morgan fingerprint density at radius 1 is 0.933 bits per heavy atom. The Morgan fingerprint density at radius 3 is 2.43 bits per heavy atom. The van der Waals surface area contributed by atoms with E-state index in [1.807, 2.05) is 42.5 Å². The Bertz CT molecular complexity index is 1070. The zero-order valence-corrected chi connectivity index (χ0v) is 17.0. The van der Waals surface area contributed by atoms with Crippen molar-refractivity contribution < 1.29 is 9.59 Å². The lowest BCUT2D eigenvalue weighted by molar-refractivity contribution is -0.116. The van der Waals surface area contributed by atoms with E-state index in [2.05, 4.69) is 23.4 Å². The van der Waals surface area contributed by atoms with E-state index in [1.165, 1.54) is 10.5 Å². The molecule has 30 heavy (non-hydrogen) atoms. The van der Waals surface area contributed by atoms with Crippen molar-refractivity contribution in [3.63, 3.8) is 0 Å². The molecular formula is C26H24N2O2. The van der Waals surface area contributed by atoms with Gasteiger partial charge in [-0.2, -0.15) is 0 Å². The van der Waals surface area contributed by atoms with Crippen molar-refractivity contribution in [2.24, 2.45) is 0 Å². The molecule has 0 atom stereocenters. The first-order valence-electron chi connectivity index (χ1n) is 9.80. The number of nitrogens with zero attached hydrogens (tertiary/aromatic N) is 1. The molecule has 0 unspecified atom stereocenters. The summed E-state index contributed by atoms with van der Waals surface area (Å²) in [4.78, 5) is 26.8. The number of hydrogen-bond acceptors (Lipinski definition) is 2. The quantitative estimate of drug-likeness (QED) is 0.610. The molecule has 0 heterocycles. The van der Waals surface area contributed by atoms with Crippen LogP contribution in [0.25, 0.3) is 0 Å². The average molecular weight is 396 g/mol. The number of nitrogens with one attached hydrogen (secondary N) is 1. The van der Waals surface area contributed by atoms with Gasteiger partial charge in [0.15, 0.2) is 0 Å². The first kappa shape index (κ1) is 20.9. The van der Waals surface area contributed by atoms with E-state index in [1.54, 1.807) is 31.3 Å². The van der Waals surface area contributed by atoms with Gasteiger partial charge in [0.2, 0.25) is 5.91 Å². The van der Waals surface area contributed by atoms with Gasteiger partial charge in [-0.3, -0.25) is 9.59 Å². The molecule has 2 amide bonds. The molecule has 1 N–H and O–H groups in total. The molecule has 0 aliphatic heterocycles. The molecule has 0 aliphatic rings. The molecule has 3 rings (SSSR count). The molecule has 4 heteroatoms. The highest BCUT2D eigenvalue weighted by Gasteiger charge is 2.18. The number of carbonyl (C=O) groups is 2. The molecule has 3 aromatic rings. The Balaban J connectivity index is 1.64. The van der Waals surface area contributed by atoms with Gasteiger partial charge < -0.3 is 10.2 Å². The van der Waals surface area contributed by atoms with Crippen LogP contribution in [0.4, 0.5) is 5.69 Å². The second-order valence-corrected chi connectivity index (χ2v) is 7.08. The minimum absolute atomic E-state index is 0.0495. The van der Waals surface area contributed by atoms with E-state index in [-0.39, 0.29) is 18.4 Å². The predicted molar refractivity (Wildman–Crippen MR) is 120 cm³/mol. The van der Waals surface area contributed by atoms with Crippen LogP contribution < -0.4 is 5.32 Å². The van der Waals surface area contributed by atoms with Crippen molar-refractivity contribution in [1.82, 2.24) is 4.90 Å². The number of carbonyl (C=O) groups excluding carboxylic acids is 2. The molecule has 0 bridgehead atoms. The number of rotatable bonds is 7. The van der Waals surface area contributed by atoms with Gasteiger partial charge in [-0.15, -0.1) is 6.42 Å². The molecule has 0 saturated heterocycles. The molecule has 0 saturated carbocycles. The third-order valence-electron chi connectivity index (χ3n) is 4.81. The molecule has 0 spiro atoms. The summed E-state index contributed by atoms with van der Waals surface area (Å²) in [6, 6.07) is 24.8. The lowest BCUT2D eigenvalue weighted by Crippen LogP contribution is -2.35. The Hall–Kier alpha value is -3.84. The van der Waals surface area contributed by atoms with Crippen LogP contribution in [-0.2, 0) is 17.6 Å². The summed E-state index contributed by atoms with van der Waals surface area (Å²) in [6.07, 6.45) is 7.00. The average Bonchev–Trinajstić information content (AvgIpc) is 2.78. The summed E-state index contributed by atoms with van der Waals surface area (Å²) in [7, 11) is 1.63. The smallest absolute Gasteiger partial charge is 0.254 e. The first-order chi connectivity index (χ1) is 14.6. The van der Waals surface area contributed by atoms with Crippen LogP contribution in [-0.4, -0.2) is 30.3 Å². The van der Waals surface area contributed by atoms with Crippen molar-refractivity contribution >= 4 is 17.5 Å². The zero-order valence-electron chi connectivity index (χ0n) is 17.0. The minimum atomic E-state index is -0.276. The van der Waals surface area contributed by atoms with Gasteiger partial charge in [0.1, 0.15) is 0 Å². The van der Waals surface area contributed by atoms with E-state index in [0.29, 0.717) is 16.8 Å². The zero-order chi connectivity index (χ0) is 21.3. The molecule has 0 aliphatic carbocycles. The number of likely N-dealkylation sites (N-methyl/N-ethyl adjacent to an activating group) is 1.